The maximum absolute atomic E-state index is 13.2. The molecule has 1 aromatic heterocycles. The predicted molar refractivity (Wildman–Crippen MR) is 315 cm³/mol. The van der Waals surface area contributed by atoms with Crippen LogP contribution in [-0.2, 0) is 26.8 Å². The lowest BCUT2D eigenvalue weighted by Gasteiger charge is -2.25. The number of aromatic nitrogens is 1. The number of phenols is 1. The summed E-state index contributed by atoms with van der Waals surface area (Å²) in [7, 11) is -3.77. The van der Waals surface area contributed by atoms with Gasteiger partial charge >= 0.3 is 6.03 Å². The predicted octanol–water partition coefficient (Wildman–Crippen LogP) is 12.6. The number of allylic oxidation sites excluding steroid dienone is 2. The number of carbonyl (C=O) groups is 2. The largest absolute Gasteiger partial charge is 0.857 e. The van der Waals surface area contributed by atoms with Crippen LogP contribution in [0, 0.1) is 18.3 Å². The first kappa shape index (κ1) is 58.2. The summed E-state index contributed by atoms with van der Waals surface area (Å²) < 4.78 is 41.8. The van der Waals surface area contributed by atoms with Crippen molar-refractivity contribution in [3.63, 3.8) is 0 Å². The highest BCUT2D eigenvalue weighted by Crippen LogP contribution is 2.42. The average molecular weight is 1100 g/mol. The molecule has 15 nitrogen and oxygen atoms in total. The molecule has 7 aromatic rings. The van der Waals surface area contributed by atoms with Crippen LogP contribution < -0.4 is 40.0 Å². The molecule has 1 aliphatic rings. The fourth-order valence-corrected chi connectivity index (χ4v) is 10.2. The zero-order valence-corrected chi connectivity index (χ0v) is 47.4. The standard InChI is InChI=1S/C32H38N4O4.C30H29N3O4S2/c1-6-8-9-29(40-28-17-12-23(18-21(28)3)32(4,5)7-2)30(38)34-25-15-16-26(27(37)19-25)36-31(39)35-24-13-10-22(20-33)11-14-24;1-4-21(18-30-33(20-28(34)31-39(3,35)36)24-13-9-10-14-27(24)38-30)17-29-32(5-2)25-19-23(15-16-26(25)37-29)22-11-7-6-8-12-22/h10-19,29,37H,6-9H2,1-5H3,(H,34,38)(H2,35,36,39);6-19H,4-5,20H2,1-3H3. The van der Waals surface area contributed by atoms with Crippen molar-refractivity contribution in [1.82, 2.24) is 0 Å². The number of nitrogens with one attached hydrogen (secondary N) is 3. The molecule has 0 saturated carbocycles. The lowest BCUT2D eigenvalue weighted by atomic mass is 9.81. The highest BCUT2D eigenvalue weighted by molar-refractivity contribution is 7.89. The van der Waals surface area contributed by atoms with Gasteiger partial charge in [0.1, 0.15) is 16.2 Å². The van der Waals surface area contributed by atoms with Crippen molar-refractivity contribution in [1.29, 1.82) is 5.26 Å². The van der Waals surface area contributed by atoms with Gasteiger partial charge in [0.15, 0.2) is 18.4 Å². The first-order valence-corrected chi connectivity index (χ1v) is 28.9. The maximum atomic E-state index is 13.2. The summed E-state index contributed by atoms with van der Waals surface area (Å²) in [6.07, 6.45) is 8.30. The summed E-state index contributed by atoms with van der Waals surface area (Å²) in [5, 5.41) is 40.7. The van der Waals surface area contributed by atoms with Gasteiger partial charge in [0.2, 0.25) is 21.4 Å². The summed E-state index contributed by atoms with van der Waals surface area (Å²) in [5.74, 6) is 0.985. The lowest BCUT2D eigenvalue weighted by Crippen LogP contribution is -2.43. The number of phenolic OH excluding ortho intramolecular Hbond substituents is 1. The number of hydrogen-bond acceptors (Lipinski definition) is 11. The highest BCUT2D eigenvalue weighted by atomic mass is 32.2. The smallest absolute Gasteiger partial charge is 0.323 e. The third-order valence-electron chi connectivity index (χ3n) is 13.4. The number of para-hydroxylation sites is 1. The van der Waals surface area contributed by atoms with Gasteiger partial charge in [0, 0.05) is 48.1 Å². The summed E-state index contributed by atoms with van der Waals surface area (Å²) >= 11 is 1.54. The van der Waals surface area contributed by atoms with E-state index in [1.807, 2.05) is 84.3 Å². The van der Waals surface area contributed by atoms with E-state index in [1.54, 1.807) is 30.3 Å². The topological polar surface area (TPSA) is 209 Å². The summed E-state index contributed by atoms with van der Waals surface area (Å²) in [4.78, 5) is 27.7. The SMILES string of the molecule is CCC(=Cc1sc2ccccc2[n+]1CC([O-])=NS(C)(=O)=O)C=C1Oc2ccc(-c3ccccc3)cc2N1CC.CCCCC(Oc1ccc(C(C)(C)CC)cc1C)C(=O)Nc1ccc(NC(=O)Nc2ccc(C#N)cc2)c(O)c1. The molecule has 17 heteroatoms. The first-order valence-electron chi connectivity index (χ1n) is 26.3. The number of anilines is 4. The van der Waals surface area contributed by atoms with E-state index in [9.17, 15) is 28.2 Å². The highest BCUT2D eigenvalue weighted by Gasteiger charge is 2.28. The van der Waals surface area contributed by atoms with Crippen molar-refractivity contribution in [2.24, 2.45) is 4.40 Å². The second kappa shape index (κ2) is 26.3. The number of thiazole rings is 1. The number of rotatable bonds is 19. The van der Waals surface area contributed by atoms with Gasteiger partial charge in [-0.1, -0.05) is 113 Å². The second-order valence-electron chi connectivity index (χ2n) is 19.6. The fourth-order valence-electron chi connectivity index (χ4n) is 8.62. The van der Waals surface area contributed by atoms with Crippen molar-refractivity contribution in [3.8, 4) is 34.4 Å². The van der Waals surface area contributed by atoms with E-state index in [4.69, 9.17) is 14.7 Å². The number of fused-ring (bicyclic) bond motifs is 2. The molecule has 3 amide bonds. The minimum absolute atomic E-state index is 0.0512. The molecule has 0 radical (unpaired) electrons. The number of benzene rings is 6. The molecule has 0 aliphatic carbocycles. The number of urea groups is 1. The molecule has 1 aliphatic heterocycles. The molecular formula is C62H67N7O8S2. The Balaban J connectivity index is 0.000000229. The van der Waals surface area contributed by atoms with Gasteiger partial charge in [-0.25, -0.2) is 13.2 Å². The van der Waals surface area contributed by atoms with Crippen LogP contribution in [0.3, 0.4) is 0 Å². The molecule has 2 heterocycles. The van der Waals surface area contributed by atoms with Crippen LogP contribution in [-0.4, -0.2) is 50.3 Å². The molecule has 410 valence electrons. The molecule has 0 fully saturated rings. The van der Waals surface area contributed by atoms with Gasteiger partial charge in [0.05, 0.1) is 29.3 Å². The van der Waals surface area contributed by atoms with Gasteiger partial charge in [-0.05, 0) is 133 Å². The Bertz CT molecular complexity index is 3570. The summed E-state index contributed by atoms with van der Waals surface area (Å²) in [6.45, 7) is 15.3. The second-order valence-corrected chi connectivity index (χ2v) is 22.3. The molecular weight excluding hydrogens is 1030 g/mol. The molecule has 0 saturated heterocycles. The molecule has 4 N–H and O–H groups in total. The number of hydrogen-bond donors (Lipinski definition) is 4. The van der Waals surface area contributed by atoms with Gasteiger partial charge in [-0.15, -0.1) is 0 Å². The average Bonchev–Trinajstić information content (AvgIpc) is 4.11. The van der Waals surface area contributed by atoms with Crippen LogP contribution in [0.25, 0.3) is 27.4 Å². The Morgan fingerprint density at radius 2 is 1.62 bits per heavy atom. The minimum atomic E-state index is -3.77. The molecule has 1 atom stereocenters. The van der Waals surface area contributed by atoms with E-state index in [0.29, 0.717) is 29.1 Å². The van der Waals surface area contributed by atoms with E-state index >= 15 is 0 Å². The zero-order chi connectivity index (χ0) is 56.9. The van der Waals surface area contributed by atoms with Gasteiger partial charge in [-0.3, -0.25) is 4.79 Å². The van der Waals surface area contributed by atoms with Crippen LogP contribution in [0.4, 0.5) is 27.5 Å². The quantitative estimate of drug-likeness (QED) is 0.0261. The van der Waals surface area contributed by atoms with Crippen LogP contribution >= 0.6 is 11.3 Å². The maximum Gasteiger partial charge on any atom is 0.323 e. The number of aromatic hydroxyl groups is 1. The van der Waals surface area contributed by atoms with E-state index in [-0.39, 0.29) is 29.3 Å². The number of unbranched alkanes of at least 4 members (excludes halogenated alkanes) is 1. The Labute approximate surface area is 467 Å². The Morgan fingerprint density at radius 3 is 2.28 bits per heavy atom. The van der Waals surface area contributed by atoms with Gasteiger partial charge in [-0.2, -0.15) is 14.2 Å². The summed E-state index contributed by atoms with van der Waals surface area (Å²) in [6, 6.07) is 42.7. The fraction of sp³-hybridized carbons (Fsp3) is 0.274. The monoisotopic (exact) mass is 1100 g/mol. The number of aryl methyl sites for hydroxylation is 1. The van der Waals surface area contributed by atoms with Crippen LogP contribution in [0.5, 0.6) is 17.2 Å². The number of nitriles is 1. The number of carbonyl (C=O) groups excluding carboxylic acids is 2. The van der Waals surface area contributed by atoms with Gasteiger partial charge < -0.3 is 40.5 Å². The molecule has 8 rings (SSSR count). The molecule has 79 heavy (non-hydrogen) atoms. The Morgan fingerprint density at radius 1 is 0.899 bits per heavy atom. The van der Waals surface area contributed by atoms with E-state index in [2.05, 4.69) is 103 Å². The Kier molecular flexibility index (Phi) is 19.4. The number of sulfonamides is 1. The normalized spacial score (nSPS) is 13.4. The lowest BCUT2D eigenvalue weighted by molar-refractivity contribution is -0.658. The molecule has 0 bridgehead atoms. The zero-order valence-electron chi connectivity index (χ0n) is 45.8. The Hall–Kier alpha value is -8.46. The third kappa shape index (κ3) is 15.4. The minimum Gasteiger partial charge on any atom is -0.857 e. The number of nitrogens with zero attached hydrogens (tertiary/aromatic N) is 4. The molecule has 0 spiro atoms. The van der Waals surface area contributed by atoms with Crippen molar-refractivity contribution in [2.75, 3.05) is 33.7 Å². The van der Waals surface area contributed by atoms with Crippen molar-refractivity contribution >= 4 is 78.2 Å². The van der Waals surface area contributed by atoms with E-state index < -0.39 is 28.1 Å². The van der Waals surface area contributed by atoms with Crippen molar-refractivity contribution in [2.45, 2.75) is 98.6 Å². The van der Waals surface area contributed by atoms with E-state index in [0.717, 1.165) is 93.3 Å². The molecule has 1 unspecified atom stereocenters. The van der Waals surface area contributed by atoms with Crippen LogP contribution in [0.15, 0.2) is 155 Å². The van der Waals surface area contributed by atoms with E-state index in [1.165, 1.54) is 29.0 Å². The first-order chi connectivity index (χ1) is 37.8. The number of amides is 3. The number of ether oxygens (including phenoxy) is 2. The van der Waals surface area contributed by atoms with Crippen molar-refractivity contribution in [3.05, 3.63) is 173 Å². The van der Waals surface area contributed by atoms with Gasteiger partial charge in [0.25, 0.3) is 10.9 Å². The van der Waals surface area contributed by atoms with Crippen molar-refractivity contribution < 1.29 is 42.3 Å². The third-order valence-corrected chi connectivity index (χ3v) is 15.0. The van der Waals surface area contributed by atoms with Crippen LogP contribution in [0.1, 0.15) is 95.3 Å². The molecule has 6 aromatic carbocycles. The van der Waals surface area contributed by atoms with Crippen LogP contribution in [0.2, 0.25) is 0 Å². The summed E-state index contributed by atoms with van der Waals surface area (Å²) in [5.41, 5.74) is 8.93.